The van der Waals surface area contributed by atoms with E-state index in [2.05, 4.69) is 5.32 Å². The Bertz CT molecular complexity index is 835. The van der Waals surface area contributed by atoms with E-state index < -0.39 is 17.8 Å². The number of ether oxygens (including phenoxy) is 2. The quantitative estimate of drug-likeness (QED) is 0.506. The second-order valence-corrected chi connectivity index (χ2v) is 6.85. The van der Waals surface area contributed by atoms with E-state index >= 15 is 0 Å². The topological polar surface area (TPSA) is 102 Å². The summed E-state index contributed by atoms with van der Waals surface area (Å²) in [6, 6.07) is 9.00. The Morgan fingerprint density at radius 1 is 1.21 bits per heavy atom. The molecule has 9 heteroatoms. The van der Waals surface area contributed by atoms with Gasteiger partial charge in [-0.1, -0.05) is 42.1 Å². The molecule has 0 aromatic heterocycles. The second-order valence-electron chi connectivity index (χ2n) is 5.85. The molecular formula is C20H22N2O6S. The monoisotopic (exact) mass is 418 g/mol. The van der Waals surface area contributed by atoms with Crippen LogP contribution < -0.4 is 5.32 Å². The number of hydrogen-bond acceptors (Lipinski definition) is 7. The molecule has 1 aromatic rings. The molecule has 2 rings (SSSR count). The SMILES string of the molecule is CCOC(=O)/C=C1\SCC(=O)N1CCOC(=O)/C(=C/c1ccccc1)NC(C)=O. The van der Waals surface area contributed by atoms with Gasteiger partial charge in [-0.2, -0.15) is 0 Å². The number of rotatable bonds is 8. The molecule has 8 nitrogen and oxygen atoms in total. The summed E-state index contributed by atoms with van der Waals surface area (Å²) in [5.41, 5.74) is 0.715. The molecule has 2 amide bonds. The van der Waals surface area contributed by atoms with Crippen LogP contribution in [0.25, 0.3) is 6.08 Å². The zero-order valence-corrected chi connectivity index (χ0v) is 17.0. The Hall–Kier alpha value is -3.07. The van der Waals surface area contributed by atoms with E-state index in [1.165, 1.54) is 35.7 Å². The molecule has 1 fully saturated rings. The van der Waals surface area contributed by atoms with Crippen LogP contribution in [0.3, 0.4) is 0 Å². The van der Waals surface area contributed by atoms with Crippen LogP contribution in [0, 0.1) is 0 Å². The van der Waals surface area contributed by atoms with Crippen LogP contribution in [0.4, 0.5) is 0 Å². The van der Waals surface area contributed by atoms with Crippen molar-refractivity contribution in [2.24, 2.45) is 0 Å². The van der Waals surface area contributed by atoms with Gasteiger partial charge in [0.25, 0.3) is 0 Å². The summed E-state index contributed by atoms with van der Waals surface area (Å²) >= 11 is 1.22. The summed E-state index contributed by atoms with van der Waals surface area (Å²) in [6.07, 6.45) is 2.76. The molecule has 1 aromatic carbocycles. The van der Waals surface area contributed by atoms with Gasteiger partial charge >= 0.3 is 11.9 Å². The maximum absolute atomic E-state index is 12.4. The zero-order valence-electron chi connectivity index (χ0n) is 16.2. The first kappa shape index (κ1) is 22.2. The van der Waals surface area contributed by atoms with Crippen molar-refractivity contribution >= 4 is 41.6 Å². The van der Waals surface area contributed by atoms with Gasteiger partial charge in [0.15, 0.2) is 0 Å². The lowest BCUT2D eigenvalue weighted by atomic mass is 10.2. The molecule has 0 atom stereocenters. The highest BCUT2D eigenvalue weighted by atomic mass is 32.2. The lowest BCUT2D eigenvalue weighted by molar-refractivity contribution is -0.142. The van der Waals surface area contributed by atoms with Crippen molar-refractivity contribution in [1.82, 2.24) is 10.2 Å². The third kappa shape index (κ3) is 7.11. The minimum Gasteiger partial charge on any atom is -0.463 e. The molecule has 1 heterocycles. The number of thioether (sulfide) groups is 1. The number of esters is 2. The predicted molar refractivity (Wildman–Crippen MR) is 108 cm³/mol. The fourth-order valence-electron chi connectivity index (χ4n) is 2.41. The number of nitrogens with one attached hydrogen (secondary N) is 1. The van der Waals surface area contributed by atoms with E-state index in [0.29, 0.717) is 5.03 Å². The van der Waals surface area contributed by atoms with Gasteiger partial charge in [0.05, 0.1) is 30.0 Å². The van der Waals surface area contributed by atoms with Gasteiger partial charge in [-0.05, 0) is 18.6 Å². The fraction of sp³-hybridized carbons (Fsp3) is 0.300. The van der Waals surface area contributed by atoms with E-state index in [0.717, 1.165) is 5.56 Å². The van der Waals surface area contributed by atoms with Crippen molar-refractivity contribution < 1.29 is 28.7 Å². The van der Waals surface area contributed by atoms with E-state index in [9.17, 15) is 19.2 Å². The van der Waals surface area contributed by atoms with E-state index in [4.69, 9.17) is 9.47 Å². The highest BCUT2D eigenvalue weighted by molar-refractivity contribution is 8.04. The number of nitrogens with zero attached hydrogens (tertiary/aromatic N) is 1. The minimum absolute atomic E-state index is 0.00638. The van der Waals surface area contributed by atoms with Crippen LogP contribution in [0.2, 0.25) is 0 Å². The molecule has 1 aliphatic heterocycles. The van der Waals surface area contributed by atoms with E-state index in [1.807, 2.05) is 6.07 Å². The van der Waals surface area contributed by atoms with Crippen molar-refractivity contribution in [1.29, 1.82) is 0 Å². The molecular weight excluding hydrogens is 396 g/mol. The maximum Gasteiger partial charge on any atom is 0.354 e. The summed E-state index contributed by atoms with van der Waals surface area (Å²) in [7, 11) is 0. The van der Waals surface area contributed by atoms with Crippen LogP contribution >= 0.6 is 11.8 Å². The number of carbonyl (C=O) groups is 4. The Balaban J connectivity index is 2.00. The molecule has 154 valence electrons. The number of hydrogen-bond donors (Lipinski definition) is 1. The predicted octanol–water partition coefficient (Wildman–Crippen LogP) is 1.69. The zero-order chi connectivity index (χ0) is 21.2. The van der Waals surface area contributed by atoms with Crippen molar-refractivity contribution in [2.45, 2.75) is 13.8 Å². The number of benzene rings is 1. The lowest BCUT2D eigenvalue weighted by Gasteiger charge is -2.17. The van der Waals surface area contributed by atoms with Crippen LogP contribution in [0.5, 0.6) is 0 Å². The third-order valence-electron chi connectivity index (χ3n) is 3.63. The van der Waals surface area contributed by atoms with Crippen LogP contribution in [-0.4, -0.2) is 54.2 Å². The smallest absolute Gasteiger partial charge is 0.354 e. The highest BCUT2D eigenvalue weighted by Gasteiger charge is 2.27. The summed E-state index contributed by atoms with van der Waals surface area (Å²) in [6.45, 7) is 3.20. The third-order valence-corrected chi connectivity index (χ3v) is 4.65. The average Bonchev–Trinajstić information content (AvgIpc) is 3.01. The molecule has 0 unspecified atom stereocenters. The Morgan fingerprint density at radius 2 is 1.93 bits per heavy atom. The number of amides is 2. The molecule has 29 heavy (non-hydrogen) atoms. The van der Waals surface area contributed by atoms with Gasteiger partial charge in [0.1, 0.15) is 12.3 Å². The maximum atomic E-state index is 12.4. The highest BCUT2D eigenvalue weighted by Crippen LogP contribution is 2.28. The standard InChI is InChI=1S/C20H22N2O6S/c1-3-27-19(25)12-18-22(17(24)13-29-18)9-10-28-20(26)16(21-14(2)23)11-15-7-5-4-6-8-15/h4-8,11-12H,3,9-10,13H2,1-2H3,(H,21,23)/b16-11-,18-12-. The largest absolute Gasteiger partial charge is 0.463 e. The van der Waals surface area contributed by atoms with E-state index in [1.54, 1.807) is 31.2 Å². The number of carbonyl (C=O) groups excluding carboxylic acids is 4. The van der Waals surface area contributed by atoms with Crippen molar-refractivity contribution in [3.63, 3.8) is 0 Å². The molecule has 0 spiro atoms. The minimum atomic E-state index is -0.723. The van der Waals surface area contributed by atoms with Gasteiger partial charge in [-0.25, -0.2) is 9.59 Å². The van der Waals surface area contributed by atoms with Gasteiger partial charge < -0.3 is 19.7 Å². The average molecular weight is 418 g/mol. The first-order chi connectivity index (χ1) is 13.9. The Labute approximate surface area is 172 Å². The van der Waals surface area contributed by atoms with Gasteiger partial charge in [-0.15, -0.1) is 0 Å². The second kappa shape index (κ2) is 11.1. The summed E-state index contributed by atoms with van der Waals surface area (Å²) in [4.78, 5) is 48.8. The summed E-state index contributed by atoms with van der Waals surface area (Å²) in [5, 5.41) is 2.91. The van der Waals surface area contributed by atoms with Crippen LogP contribution in [0.1, 0.15) is 19.4 Å². The van der Waals surface area contributed by atoms with Crippen molar-refractivity contribution in [3.8, 4) is 0 Å². The molecule has 0 saturated carbocycles. The molecule has 1 N–H and O–H groups in total. The molecule has 0 radical (unpaired) electrons. The molecule has 0 aliphatic carbocycles. The van der Waals surface area contributed by atoms with Gasteiger partial charge in [0, 0.05) is 6.92 Å². The summed E-state index contributed by atoms with van der Waals surface area (Å²) in [5.74, 6) is -1.66. The lowest BCUT2D eigenvalue weighted by Crippen LogP contribution is -2.31. The van der Waals surface area contributed by atoms with E-state index in [-0.39, 0.29) is 37.1 Å². The van der Waals surface area contributed by atoms with Gasteiger partial charge in [-0.3, -0.25) is 9.59 Å². The normalized spacial score (nSPS) is 15.4. The van der Waals surface area contributed by atoms with Crippen molar-refractivity contribution in [3.05, 3.63) is 52.7 Å². The molecule has 0 bridgehead atoms. The Morgan fingerprint density at radius 3 is 2.59 bits per heavy atom. The Kier molecular flexibility index (Phi) is 8.47. The fourth-order valence-corrected chi connectivity index (χ4v) is 3.37. The first-order valence-electron chi connectivity index (χ1n) is 8.93. The van der Waals surface area contributed by atoms with Crippen molar-refractivity contribution in [2.75, 3.05) is 25.5 Å². The first-order valence-corrected chi connectivity index (χ1v) is 9.92. The van der Waals surface area contributed by atoms with Crippen LogP contribution in [-0.2, 0) is 28.7 Å². The molecule has 1 aliphatic rings. The van der Waals surface area contributed by atoms with Crippen LogP contribution in [0.15, 0.2) is 47.1 Å². The molecule has 1 saturated heterocycles. The van der Waals surface area contributed by atoms with Gasteiger partial charge in [0.2, 0.25) is 11.8 Å². The summed E-state index contributed by atoms with van der Waals surface area (Å²) < 4.78 is 10.1.